The Kier molecular flexibility index (Phi) is 32.1. The highest BCUT2D eigenvalue weighted by Gasteiger charge is 2.44. The van der Waals surface area contributed by atoms with Crippen molar-refractivity contribution in [3.05, 3.63) is 12.2 Å². The smallest absolute Gasteiger partial charge is 0.329 e. The van der Waals surface area contributed by atoms with Crippen LogP contribution in [0, 0.1) is 41.4 Å². The first-order valence-corrected chi connectivity index (χ1v) is 30.6. The number of nitrogens with zero attached hydrogens (tertiary/aromatic N) is 6. The minimum atomic E-state index is -1.23. The molecular formula is C62H111N11O12. The van der Waals surface area contributed by atoms with Crippen LogP contribution in [0.5, 0.6) is 0 Å². The highest BCUT2D eigenvalue weighted by atomic mass is 16.5. The molecule has 1 heterocycles. The van der Waals surface area contributed by atoms with Gasteiger partial charge in [0.1, 0.15) is 66.5 Å². The molecule has 12 atom stereocenters. The van der Waals surface area contributed by atoms with Gasteiger partial charge in [-0.1, -0.05) is 109 Å². The fourth-order valence-corrected chi connectivity index (χ4v) is 10.6. The minimum Gasteiger partial charge on any atom is -0.458 e. The fourth-order valence-electron chi connectivity index (χ4n) is 10.6. The van der Waals surface area contributed by atoms with Gasteiger partial charge in [-0.3, -0.25) is 47.9 Å². The van der Waals surface area contributed by atoms with Gasteiger partial charge in [0.25, 0.3) is 0 Å². The first-order chi connectivity index (χ1) is 39.3. The highest BCUT2D eigenvalue weighted by Crippen LogP contribution is 2.25. The van der Waals surface area contributed by atoms with Crippen LogP contribution in [0.15, 0.2) is 12.2 Å². The van der Waals surface area contributed by atoms with E-state index in [2.05, 4.69) is 26.6 Å². The predicted octanol–water partition coefficient (Wildman–Crippen LogP) is 3.58. The molecule has 0 aliphatic carbocycles. The molecule has 85 heavy (non-hydrogen) atoms. The lowest BCUT2D eigenvalue weighted by atomic mass is 9.92. The average Bonchev–Trinajstić information content (AvgIpc) is 3.63. The Balaban J connectivity index is 4.25. The number of rotatable bonds is 15. The third-order valence-electron chi connectivity index (χ3n) is 15.9. The molecule has 12 unspecified atom stereocenters. The summed E-state index contributed by atoms with van der Waals surface area (Å²) in [5, 5.41) is 14.1. The van der Waals surface area contributed by atoms with Gasteiger partial charge in [-0.2, -0.15) is 0 Å². The van der Waals surface area contributed by atoms with Gasteiger partial charge in [0.05, 0.1) is 6.54 Å². The monoisotopic (exact) mass is 1200 g/mol. The molecule has 0 bridgehead atoms. The SMILES string of the molecule is C/C=C\CC(C)C1OC(=O)C(C(C)C)N(C)C(=O)C(CC(C)C)N(C)C(=O)C(CC(C)C)N(C)C(=O)C(C)NC(=O)C(C)NC(=O)C(CC(C)C)N(C)C(=O)C(C(C)C)NC(=O)C(CC(C)C)N(C)C(=O)CN(C)C(=O)C(CC)NC(=O)C1NC. The van der Waals surface area contributed by atoms with Gasteiger partial charge in [0.15, 0.2) is 0 Å². The van der Waals surface area contributed by atoms with Crippen LogP contribution >= 0.6 is 0 Å². The normalized spacial score (nSPS) is 27.4. The van der Waals surface area contributed by atoms with Crippen LogP contribution < -0.4 is 26.6 Å². The topological polar surface area (TPSA) is 277 Å². The molecule has 0 aromatic heterocycles. The van der Waals surface area contributed by atoms with Crippen molar-refractivity contribution in [1.29, 1.82) is 0 Å². The van der Waals surface area contributed by atoms with E-state index in [0.717, 1.165) is 4.90 Å². The zero-order valence-corrected chi connectivity index (χ0v) is 56.1. The van der Waals surface area contributed by atoms with E-state index in [1.54, 1.807) is 34.6 Å². The van der Waals surface area contributed by atoms with Crippen molar-refractivity contribution in [3.63, 3.8) is 0 Å². The van der Waals surface area contributed by atoms with E-state index >= 15 is 4.79 Å². The average molecular weight is 1200 g/mol. The van der Waals surface area contributed by atoms with E-state index in [1.807, 2.05) is 81.4 Å². The first kappa shape index (κ1) is 76.9. The number of carbonyl (C=O) groups excluding carboxylic acids is 11. The number of carbonyl (C=O) groups is 11. The maximum Gasteiger partial charge on any atom is 0.329 e. The lowest BCUT2D eigenvalue weighted by Gasteiger charge is -2.40. The Labute approximate surface area is 509 Å². The molecule has 1 aliphatic heterocycles. The molecule has 23 heteroatoms. The second kappa shape index (κ2) is 35.5. The summed E-state index contributed by atoms with van der Waals surface area (Å²) in [5.74, 6) is -9.18. The van der Waals surface area contributed by atoms with Gasteiger partial charge in [-0.15, -0.1) is 0 Å². The van der Waals surface area contributed by atoms with Crippen molar-refractivity contribution in [2.24, 2.45) is 41.4 Å². The van der Waals surface area contributed by atoms with Crippen LogP contribution in [0.3, 0.4) is 0 Å². The summed E-state index contributed by atoms with van der Waals surface area (Å²) >= 11 is 0. The molecule has 23 nitrogen and oxygen atoms in total. The Bertz CT molecular complexity index is 2310. The summed E-state index contributed by atoms with van der Waals surface area (Å²) in [7, 11) is 10.2. The minimum absolute atomic E-state index is 0.0974. The fraction of sp³-hybridized carbons (Fsp3) is 0.790. The summed E-state index contributed by atoms with van der Waals surface area (Å²) in [4.78, 5) is 167. The van der Waals surface area contributed by atoms with Crippen molar-refractivity contribution in [2.45, 2.75) is 223 Å². The maximum absolute atomic E-state index is 15.0. The molecule has 0 aromatic rings. The highest BCUT2D eigenvalue weighted by molar-refractivity contribution is 5.98. The number of amides is 10. The zero-order valence-electron chi connectivity index (χ0n) is 56.1. The molecule has 1 fully saturated rings. The maximum atomic E-state index is 15.0. The van der Waals surface area contributed by atoms with Crippen LogP contribution in [0.1, 0.15) is 156 Å². The summed E-state index contributed by atoms with van der Waals surface area (Å²) in [6, 6.07) is -11.7. The van der Waals surface area contributed by atoms with Crippen molar-refractivity contribution in [1.82, 2.24) is 56.0 Å². The summed E-state index contributed by atoms with van der Waals surface area (Å²) < 4.78 is 6.35. The van der Waals surface area contributed by atoms with Gasteiger partial charge in [0, 0.05) is 42.3 Å². The predicted molar refractivity (Wildman–Crippen MR) is 329 cm³/mol. The Morgan fingerprint density at radius 1 is 0.518 bits per heavy atom. The van der Waals surface area contributed by atoms with Crippen LogP contribution in [0.25, 0.3) is 0 Å². The van der Waals surface area contributed by atoms with E-state index in [9.17, 15) is 47.9 Å². The van der Waals surface area contributed by atoms with Gasteiger partial charge in [-0.05, 0) is 108 Å². The van der Waals surface area contributed by atoms with Crippen molar-refractivity contribution in [3.8, 4) is 0 Å². The standard InChI is InChI=1S/C62H111N11O12/c1-25-27-28-40(15)52-50(63-18)56(78)66-43(26-2)58(80)68(19)33-48(74)69(20)44(29-34(3)4)55(77)67-49(38(11)12)61(83)70(21)45(30-35(5)6)54(76)64-41(16)53(75)65-42(17)57(79)71(22)46(31-36(7)8)59(81)72(23)47(32-37(9)10)60(82)73(24)51(39(13)14)62(84)85-52/h25,27,34-47,49-52,63H,26,28-33H2,1-24H3,(H,64,76)(H,65,75)(H,66,78)(H,67,77)/b27-25-. The molecule has 1 aliphatic rings. The van der Waals surface area contributed by atoms with E-state index < -0.39 is 156 Å². The van der Waals surface area contributed by atoms with Crippen molar-refractivity contribution < 1.29 is 57.5 Å². The Hall–Kier alpha value is -6.13. The Morgan fingerprint density at radius 2 is 0.953 bits per heavy atom. The van der Waals surface area contributed by atoms with E-state index in [4.69, 9.17) is 4.74 Å². The number of cyclic esters (lactones) is 1. The molecular weight excluding hydrogens is 1090 g/mol. The number of esters is 1. The number of hydrogen-bond acceptors (Lipinski definition) is 13. The second-order valence-corrected chi connectivity index (χ2v) is 25.9. The van der Waals surface area contributed by atoms with Gasteiger partial charge in [0.2, 0.25) is 59.1 Å². The molecule has 486 valence electrons. The lowest BCUT2D eigenvalue weighted by molar-refractivity contribution is -0.167. The van der Waals surface area contributed by atoms with Crippen LogP contribution in [0.4, 0.5) is 0 Å². The van der Waals surface area contributed by atoms with E-state index in [-0.39, 0.29) is 55.8 Å². The number of likely N-dealkylation sites (N-methyl/N-ethyl adjacent to an activating group) is 7. The Morgan fingerprint density at radius 3 is 1.40 bits per heavy atom. The molecule has 1 rings (SSSR count). The lowest BCUT2D eigenvalue weighted by Crippen LogP contribution is -2.61. The quantitative estimate of drug-likeness (QED) is 0.116. The van der Waals surface area contributed by atoms with E-state index in [1.165, 1.54) is 87.7 Å². The largest absolute Gasteiger partial charge is 0.458 e. The van der Waals surface area contributed by atoms with Crippen molar-refractivity contribution in [2.75, 3.05) is 55.9 Å². The van der Waals surface area contributed by atoms with Crippen molar-refractivity contribution >= 4 is 65.0 Å². The van der Waals surface area contributed by atoms with Crippen LogP contribution in [-0.4, -0.2) is 217 Å². The molecule has 10 amide bonds. The number of allylic oxidation sites excluding steroid dienone is 2. The van der Waals surface area contributed by atoms with Crippen LogP contribution in [-0.2, 0) is 57.5 Å². The van der Waals surface area contributed by atoms with E-state index in [0.29, 0.717) is 6.42 Å². The molecule has 5 N–H and O–H groups in total. The first-order valence-electron chi connectivity index (χ1n) is 30.6. The third kappa shape index (κ3) is 22.3. The summed E-state index contributed by atoms with van der Waals surface area (Å²) in [6.45, 7) is 29.7. The second-order valence-electron chi connectivity index (χ2n) is 25.9. The van der Waals surface area contributed by atoms with Crippen LogP contribution in [0.2, 0.25) is 0 Å². The molecule has 0 saturated carbocycles. The van der Waals surface area contributed by atoms with Gasteiger partial charge >= 0.3 is 5.97 Å². The number of ether oxygens (including phenoxy) is 1. The zero-order chi connectivity index (χ0) is 65.8. The summed E-state index contributed by atoms with van der Waals surface area (Å²) in [6.07, 6.45) is 3.69. The molecule has 1 saturated heterocycles. The number of nitrogens with one attached hydrogen (secondary N) is 5. The molecule has 0 spiro atoms. The number of hydrogen-bond donors (Lipinski definition) is 5. The summed E-state index contributed by atoms with van der Waals surface area (Å²) in [5.41, 5.74) is 0. The molecule has 0 radical (unpaired) electrons. The van der Waals surface area contributed by atoms with Gasteiger partial charge in [-0.25, -0.2) is 4.79 Å². The third-order valence-corrected chi connectivity index (χ3v) is 15.9. The molecule has 0 aromatic carbocycles. The van der Waals surface area contributed by atoms with Gasteiger partial charge < -0.3 is 60.7 Å².